The van der Waals surface area contributed by atoms with E-state index in [1.807, 2.05) is 0 Å². The van der Waals surface area contributed by atoms with Crippen LogP contribution in [0.3, 0.4) is 0 Å². The van der Waals surface area contributed by atoms with Gasteiger partial charge in [-0.05, 0) is 12.8 Å². The number of ether oxygens (including phenoxy) is 1. The minimum atomic E-state index is 0.231. The van der Waals surface area contributed by atoms with Gasteiger partial charge in [-0.15, -0.1) is 0 Å². The third-order valence-corrected chi connectivity index (χ3v) is 3.04. The van der Waals surface area contributed by atoms with Gasteiger partial charge in [0.1, 0.15) is 5.78 Å². The Balaban J connectivity index is 1.92. The highest BCUT2D eigenvalue weighted by Gasteiger charge is 2.31. The molecular weight excluding hydrogens is 166 g/mol. The summed E-state index contributed by atoms with van der Waals surface area (Å²) < 4.78 is 5.37. The molecule has 3 nitrogen and oxygen atoms in total. The molecular formula is C10H17NO2. The molecule has 1 saturated heterocycles. The molecule has 1 saturated carbocycles. The molecule has 0 aromatic heterocycles. The first-order valence-corrected chi connectivity index (χ1v) is 5.22. The average molecular weight is 183 g/mol. The second-order valence-electron chi connectivity index (χ2n) is 3.95. The Kier molecular flexibility index (Phi) is 2.96. The van der Waals surface area contributed by atoms with Gasteiger partial charge in [0.2, 0.25) is 0 Å². The molecule has 74 valence electrons. The van der Waals surface area contributed by atoms with Crippen LogP contribution in [0.2, 0.25) is 0 Å². The van der Waals surface area contributed by atoms with Crippen molar-refractivity contribution in [3.05, 3.63) is 0 Å². The second kappa shape index (κ2) is 4.20. The maximum absolute atomic E-state index is 11.6. The van der Waals surface area contributed by atoms with Crippen molar-refractivity contribution < 1.29 is 9.53 Å². The highest BCUT2D eigenvalue weighted by Crippen LogP contribution is 2.24. The molecule has 0 radical (unpaired) electrons. The van der Waals surface area contributed by atoms with Crippen LogP contribution in [0, 0.1) is 5.92 Å². The van der Waals surface area contributed by atoms with Crippen molar-refractivity contribution in [3.8, 4) is 0 Å². The van der Waals surface area contributed by atoms with E-state index in [1.165, 1.54) is 6.42 Å². The number of hydrogen-bond acceptors (Lipinski definition) is 3. The summed E-state index contributed by atoms with van der Waals surface area (Å²) in [5, 5.41) is 3.37. The molecule has 3 heteroatoms. The lowest BCUT2D eigenvalue weighted by Crippen LogP contribution is -2.49. The molecule has 0 amide bonds. The third kappa shape index (κ3) is 2.09. The van der Waals surface area contributed by atoms with Crippen LogP contribution >= 0.6 is 0 Å². The molecule has 1 aliphatic heterocycles. The molecule has 0 aromatic carbocycles. The van der Waals surface area contributed by atoms with E-state index in [9.17, 15) is 4.79 Å². The number of carbonyl (C=O) groups excluding carboxylic acids is 1. The van der Waals surface area contributed by atoms with Gasteiger partial charge in [0.15, 0.2) is 0 Å². The van der Waals surface area contributed by atoms with E-state index in [1.54, 1.807) is 0 Å². The van der Waals surface area contributed by atoms with Crippen molar-refractivity contribution in [2.75, 3.05) is 19.8 Å². The average Bonchev–Trinajstić information content (AvgIpc) is 2.20. The van der Waals surface area contributed by atoms with E-state index in [0.717, 1.165) is 39.0 Å². The Hall–Kier alpha value is -0.410. The molecule has 1 N–H and O–H groups in total. The van der Waals surface area contributed by atoms with Crippen LogP contribution < -0.4 is 5.32 Å². The third-order valence-electron chi connectivity index (χ3n) is 3.04. The maximum atomic E-state index is 11.6. The first-order chi connectivity index (χ1) is 6.38. The molecule has 1 heterocycles. The largest absolute Gasteiger partial charge is 0.378 e. The van der Waals surface area contributed by atoms with E-state index in [0.29, 0.717) is 11.8 Å². The molecule has 1 aliphatic carbocycles. The van der Waals surface area contributed by atoms with Crippen molar-refractivity contribution in [3.63, 3.8) is 0 Å². The van der Waals surface area contributed by atoms with Gasteiger partial charge in [0, 0.05) is 24.9 Å². The van der Waals surface area contributed by atoms with Gasteiger partial charge in [-0.3, -0.25) is 4.79 Å². The topological polar surface area (TPSA) is 38.3 Å². The van der Waals surface area contributed by atoms with Gasteiger partial charge in [-0.1, -0.05) is 6.42 Å². The summed E-state index contributed by atoms with van der Waals surface area (Å²) >= 11 is 0. The number of ketones is 1. The van der Waals surface area contributed by atoms with Crippen LogP contribution in [0.5, 0.6) is 0 Å². The number of rotatable bonds is 1. The van der Waals surface area contributed by atoms with E-state index >= 15 is 0 Å². The predicted octanol–water partition coefficient (Wildman–Crippen LogP) is 0.734. The van der Waals surface area contributed by atoms with E-state index < -0.39 is 0 Å². The van der Waals surface area contributed by atoms with Gasteiger partial charge < -0.3 is 10.1 Å². The Morgan fingerprint density at radius 3 is 3.00 bits per heavy atom. The van der Waals surface area contributed by atoms with Crippen molar-refractivity contribution in [2.45, 2.75) is 31.7 Å². The first kappa shape index (κ1) is 9.16. The molecule has 2 fully saturated rings. The van der Waals surface area contributed by atoms with Crippen molar-refractivity contribution >= 4 is 5.78 Å². The highest BCUT2D eigenvalue weighted by molar-refractivity contribution is 5.82. The fourth-order valence-corrected chi connectivity index (χ4v) is 2.28. The lowest BCUT2D eigenvalue weighted by molar-refractivity contribution is -0.126. The zero-order chi connectivity index (χ0) is 9.10. The summed E-state index contributed by atoms with van der Waals surface area (Å²) in [6.07, 6.45) is 4.13. The van der Waals surface area contributed by atoms with Gasteiger partial charge in [-0.2, -0.15) is 0 Å². The summed E-state index contributed by atoms with van der Waals surface area (Å²) in [5.74, 6) is 0.670. The van der Waals surface area contributed by atoms with Gasteiger partial charge >= 0.3 is 0 Å². The van der Waals surface area contributed by atoms with E-state index in [4.69, 9.17) is 4.74 Å². The van der Waals surface area contributed by atoms with Crippen LogP contribution in [-0.2, 0) is 9.53 Å². The predicted molar refractivity (Wildman–Crippen MR) is 49.6 cm³/mol. The van der Waals surface area contributed by atoms with Crippen LogP contribution in [-0.4, -0.2) is 31.6 Å². The van der Waals surface area contributed by atoms with E-state index in [-0.39, 0.29) is 5.92 Å². The first-order valence-electron chi connectivity index (χ1n) is 5.22. The molecule has 2 aliphatic rings. The smallest absolute Gasteiger partial charge is 0.137 e. The Morgan fingerprint density at radius 2 is 2.31 bits per heavy atom. The summed E-state index contributed by atoms with van der Waals surface area (Å²) in [6.45, 7) is 2.41. The van der Waals surface area contributed by atoms with E-state index in [2.05, 4.69) is 5.32 Å². The van der Waals surface area contributed by atoms with Gasteiger partial charge in [0.05, 0.1) is 13.2 Å². The standard InChI is InChI=1S/C10H17NO2/c12-10-4-2-1-3-8(10)9-7-13-6-5-11-9/h8-9,11H,1-7H2/t8-,9+/m1/s1. The van der Waals surface area contributed by atoms with Crippen molar-refractivity contribution in [1.29, 1.82) is 0 Å². The molecule has 0 aromatic rings. The zero-order valence-electron chi connectivity index (χ0n) is 7.92. The molecule has 2 rings (SSSR count). The summed E-state index contributed by atoms with van der Waals surface area (Å²) in [6, 6.07) is 0.293. The SMILES string of the molecule is O=C1CCCC[C@@H]1[C@@H]1COCCN1. The van der Waals surface area contributed by atoms with Crippen LogP contribution in [0.15, 0.2) is 0 Å². The summed E-state index contributed by atoms with van der Waals surface area (Å²) in [7, 11) is 0. The molecule has 13 heavy (non-hydrogen) atoms. The summed E-state index contributed by atoms with van der Waals surface area (Å²) in [5.41, 5.74) is 0. The fourth-order valence-electron chi connectivity index (χ4n) is 2.28. The van der Waals surface area contributed by atoms with Crippen molar-refractivity contribution in [1.82, 2.24) is 5.32 Å². The monoisotopic (exact) mass is 183 g/mol. The van der Waals surface area contributed by atoms with Gasteiger partial charge in [-0.25, -0.2) is 0 Å². The normalized spacial score (nSPS) is 36.2. The number of nitrogens with one attached hydrogen (secondary N) is 1. The number of morpholine rings is 1. The Labute approximate surface area is 78.8 Å². The zero-order valence-corrected chi connectivity index (χ0v) is 7.92. The molecule has 0 bridgehead atoms. The minimum Gasteiger partial charge on any atom is -0.378 e. The fraction of sp³-hybridized carbons (Fsp3) is 0.900. The molecule has 0 unspecified atom stereocenters. The van der Waals surface area contributed by atoms with Crippen molar-refractivity contribution in [2.24, 2.45) is 5.92 Å². The molecule has 2 atom stereocenters. The maximum Gasteiger partial charge on any atom is 0.137 e. The van der Waals surface area contributed by atoms with Gasteiger partial charge in [0.25, 0.3) is 0 Å². The molecule has 0 spiro atoms. The minimum absolute atomic E-state index is 0.231. The lowest BCUT2D eigenvalue weighted by atomic mass is 9.83. The Bertz CT molecular complexity index is 187. The number of Topliss-reactive ketones (excluding diaryl/α,β-unsaturated/α-hetero) is 1. The van der Waals surface area contributed by atoms with Crippen LogP contribution in [0.1, 0.15) is 25.7 Å². The lowest BCUT2D eigenvalue weighted by Gasteiger charge is -2.32. The van der Waals surface area contributed by atoms with Crippen LogP contribution in [0.25, 0.3) is 0 Å². The second-order valence-corrected chi connectivity index (χ2v) is 3.95. The highest BCUT2D eigenvalue weighted by atomic mass is 16.5. The van der Waals surface area contributed by atoms with Crippen LogP contribution in [0.4, 0.5) is 0 Å². The number of carbonyl (C=O) groups is 1. The summed E-state index contributed by atoms with van der Waals surface area (Å²) in [4.78, 5) is 11.6. The Morgan fingerprint density at radius 1 is 1.38 bits per heavy atom. The number of hydrogen-bond donors (Lipinski definition) is 1. The quantitative estimate of drug-likeness (QED) is 0.651.